The van der Waals surface area contributed by atoms with Crippen molar-refractivity contribution in [3.05, 3.63) is 30.3 Å². The van der Waals surface area contributed by atoms with Gasteiger partial charge in [-0.3, -0.25) is 0 Å². The molecule has 1 N–H and O–H groups in total. The monoisotopic (exact) mass is 258 g/mol. The largest absolute Gasteiger partial charge is 0.250 e. The molecule has 0 unspecified atom stereocenters. The van der Waals surface area contributed by atoms with Gasteiger partial charge in [0.05, 0.1) is 4.90 Å². The number of nitrogens with one attached hydrogen (secondary N) is 1. The fraction of sp³-hybridized carbons (Fsp3) is 0. The van der Waals surface area contributed by atoms with Crippen LogP contribution in [-0.2, 0) is 10.0 Å². The van der Waals surface area contributed by atoms with Crippen molar-refractivity contribution >= 4 is 55.7 Å². The van der Waals surface area contributed by atoms with E-state index >= 15 is 0 Å². The Morgan fingerprint density at radius 3 is 2.08 bits per heavy atom. The van der Waals surface area contributed by atoms with Gasteiger partial charge in [0, 0.05) is 45.7 Å². The van der Waals surface area contributed by atoms with Crippen molar-refractivity contribution in [2.45, 2.75) is 4.90 Å². The molecule has 0 heterocycles. The number of benzene rings is 1. The van der Waals surface area contributed by atoms with Crippen molar-refractivity contribution in [3.8, 4) is 0 Å². The maximum absolute atomic E-state index is 11.0. The Kier molecular flexibility index (Phi) is 5.64. The molecule has 0 aromatic heterocycles. The average molecular weight is 259 g/mol. The Balaban J connectivity index is 0.00000121. The van der Waals surface area contributed by atoms with Crippen molar-refractivity contribution in [2.75, 3.05) is 0 Å². The number of sulfonamides is 1. The van der Waals surface area contributed by atoms with Gasteiger partial charge in [-0.05, 0) is 12.1 Å². The molecule has 1 rings (SSSR count). The van der Waals surface area contributed by atoms with E-state index in [0.717, 1.165) is 0 Å². The summed E-state index contributed by atoms with van der Waals surface area (Å²) in [7, 11) is -3.33. The van der Waals surface area contributed by atoms with Crippen LogP contribution in [0, 0.1) is 0 Å². The van der Waals surface area contributed by atoms with E-state index in [4.69, 9.17) is 0 Å². The minimum Gasteiger partial charge on any atom is -0.206 e. The van der Waals surface area contributed by atoms with Crippen LogP contribution in [0.3, 0.4) is 0 Å². The molecule has 0 fully saturated rings. The van der Waals surface area contributed by atoms with Gasteiger partial charge in [0.1, 0.15) is 0 Å². The molecule has 12 heavy (non-hydrogen) atoms. The summed E-state index contributed by atoms with van der Waals surface area (Å²) in [6, 6.07) is 8.12. The first-order chi connectivity index (χ1) is 5.17. The Morgan fingerprint density at radius 2 is 1.67 bits per heavy atom. The summed E-state index contributed by atoms with van der Waals surface area (Å²) < 4.78 is 24.1. The predicted molar refractivity (Wildman–Crippen MR) is 51.4 cm³/mol. The third kappa shape index (κ3) is 3.16. The third-order valence-corrected chi connectivity index (χ3v) is 3.53. The first-order valence-corrected chi connectivity index (χ1v) is 5.12. The van der Waals surface area contributed by atoms with E-state index < -0.39 is 10.0 Å². The predicted octanol–water partition coefficient (Wildman–Crippen LogP) is 0.894. The number of hydrogen-bond donors (Lipinski definition) is 1. The van der Waals surface area contributed by atoms with Gasteiger partial charge >= 0.3 is 0 Å². The van der Waals surface area contributed by atoms with Gasteiger partial charge in [0.2, 0.25) is 10.0 Å². The van der Waals surface area contributed by atoms with Crippen LogP contribution < -0.4 is 3.75 Å². The standard InChI is InChI=1S/C6H6BrNO2S.Na/c7-8-11(9,10)6-4-2-1-3-5-6;/h1-5,8H;. The Bertz CT molecular complexity index is 327. The van der Waals surface area contributed by atoms with Crippen molar-refractivity contribution in [2.24, 2.45) is 0 Å². The molecular formula is C6H6BrNNaO2S. The Labute approximate surface area is 102 Å². The fourth-order valence-corrected chi connectivity index (χ4v) is 1.81. The van der Waals surface area contributed by atoms with Crippen LogP contribution in [0.5, 0.6) is 0 Å². The molecule has 1 aromatic rings. The Morgan fingerprint density at radius 1 is 1.17 bits per heavy atom. The van der Waals surface area contributed by atoms with Gasteiger partial charge in [0.15, 0.2) is 0 Å². The zero-order valence-electron chi connectivity index (χ0n) is 6.49. The first kappa shape index (κ1) is 12.6. The number of rotatable bonds is 2. The smallest absolute Gasteiger partial charge is 0.206 e. The summed E-state index contributed by atoms with van der Waals surface area (Å²) in [6.07, 6.45) is 0. The first-order valence-electron chi connectivity index (χ1n) is 2.84. The van der Waals surface area contributed by atoms with Gasteiger partial charge < -0.3 is 0 Å². The van der Waals surface area contributed by atoms with Gasteiger partial charge in [-0.2, -0.15) is 0 Å². The maximum atomic E-state index is 11.0. The quantitative estimate of drug-likeness (QED) is 0.633. The SMILES string of the molecule is O=S(=O)(NBr)c1ccccc1.[Na]. The third-order valence-electron chi connectivity index (χ3n) is 1.16. The van der Waals surface area contributed by atoms with E-state index in [-0.39, 0.29) is 34.5 Å². The second kappa shape index (κ2) is 5.36. The van der Waals surface area contributed by atoms with Crippen molar-refractivity contribution in [1.29, 1.82) is 0 Å². The molecule has 0 aliphatic carbocycles. The normalized spacial score (nSPS) is 10.4. The molecule has 3 nitrogen and oxygen atoms in total. The molecule has 0 bridgehead atoms. The van der Waals surface area contributed by atoms with Gasteiger partial charge in [-0.15, -0.1) is 3.75 Å². The molecule has 0 aliphatic rings. The van der Waals surface area contributed by atoms with Gasteiger partial charge in [0.25, 0.3) is 0 Å². The molecule has 1 radical (unpaired) electrons. The van der Waals surface area contributed by atoms with E-state index in [1.54, 1.807) is 18.2 Å². The molecule has 0 amide bonds. The molecule has 61 valence electrons. The fourth-order valence-electron chi connectivity index (χ4n) is 0.644. The Hall–Kier alpha value is 0.610. The summed E-state index contributed by atoms with van der Waals surface area (Å²) in [5, 5.41) is 0. The maximum Gasteiger partial charge on any atom is 0.250 e. The molecule has 0 saturated carbocycles. The van der Waals surface area contributed by atoms with E-state index in [0.29, 0.717) is 0 Å². The summed E-state index contributed by atoms with van der Waals surface area (Å²) >= 11 is 2.67. The topological polar surface area (TPSA) is 46.2 Å². The van der Waals surface area contributed by atoms with Crippen molar-refractivity contribution in [3.63, 3.8) is 0 Å². The second-order valence-corrected chi connectivity index (χ2v) is 4.50. The van der Waals surface area contributed by atoms with Gasteiger partial charge in [-0.1, -0.05) is 18.2 Å². The zero-order chi connectivity index (χ0) is 8.32. The average Bonchev–Trinajstić information content (AvgIpc) is 2.06. The van der Waals surface area contributed by atoms with E-state index in [9.17, 15) is 8.42 Å². The van der Waals surface area contributed by atoms with E-state index in [1.807, 2.05) is 3.75 Å². The summed E-state index contributed by atoms with van der Waals surface area (Å²) in [6.45, 7) is 0. The van der Waals surface area contributed by atoms with Crippen LogP contribution in [0.4, 0.5) is 0 Å². The molecular weight excluding hydrogens is 253 g/mol. The number of halogens is 1. The minimum atomic E-state index is -3.33. The zero-order valence-corrected chi connectivity index (χ0v) is 10.9. The summed E-state index contributed by atoms with van der Waals surface area (Å²) in [5.74, 6) is 0. The molecule has 6 heteroatoms. The summed E-state index contributed by atoms with van der Waals surface area (Å²) in [4.78, 5) is 0.247. The van der Waals surface area contributed by atoms with Crippen molar-refractivity contribution < 1.29 is 8.42 Å². The van der Waals surface area contributed by atoms with Crippen LogP contribution in [-0.4, -0.2) is 38.0 Å². The van der Waals surface area contributed by atoms with Crippen LogP contribution in [0.25, 0.3) is 0 Å². The van der Waals surface area contributed by atoms with Gasteiger partial charge in [-0.25, -0.2) is 8.42 Å². The van der Waals surface area contributed by atoms with E-state index in [2.05, 4.69) is 16.1 Å². The molecule has 1 aromatic carbocycles. The molecule has 0 spiro atoms. The minimum absolute atomic E-state index is 0. The molecule has 0 saturated heterocycles. The van der Waals surface area contributed by atoms with Crippen LogP contribution in [0.2, 0.25) is 0 Å². The summed E-state index contributed by atoms with van der Waals surface area (Å²) in [5.41, 5.74) is 0. The van der Waals surface area contributed by atoms with E-state index in [1.165, 1.54) is 12.1 Å². The van der Waals surface area contributed by atoms with Crippen LogP contribution in [0.1, 0.15) is 0 Å². The second-order valence-electron chi connectivity index (χ2n) is 1.89. The molecule has 0 atom stereocenters. The molecule has 0 aliphatic heterocycles. The number of hydrogen-bond acceptors (Lipinski definition) is 2. The van der Waals surface area contributed by atoms with Crippen LogP contribution in [0.15, 0.2) is 35.2 Å². The van der Waals surface area contributed by atoms with Crippen LogP contribution >= 0.6 is 16.1 Å². The van der Waals surface area contributed by atoms with Crippen molar-refractivity contribution in [1.82, 2.24) is 3.75 Å².